The summed E-state index contributed by atoms with van der Waals surface area (Å²) in [6.45, 7) is 3.21. The molecule has 3 heterocycles. The van der Waals surface area contributed by atoms with Gasteiger partial charge >= 0.3 is 0 Å². The number of fused-ring (bicyclic) bond motifs is 3. The maximum atomic E-state index is 15.8. The lowest BCUT2D eigenvalue weighted by Crippen LogP contribution is -2.40. The molecule has 2 aliphatic heterocycles. The molecule has 2 saturated heterocycles. The number of carbonyl (C=O) groups is 1. The van der Waals surface area contributed by atoms with Gasteiger partial charge in [0.25, 0.3) is 5.91 Å². The van der Waals surface area contributed by atoms with E-state index in [0.717, 1.165) is 25.3 Å². The molecule has 3 aromatic carbocycles. The second kappa shape index (κ2) is 9.75. The van der Waals surface area contributed by atoms with Crippen molar-refractivity contribution < 1.29 is 23.1 Å². The Balaban J connectivity index is 1.51. The molecule has 2 fully saturated rings. The minimum atomic E-state index is -1.15. The van der Waals surface area contributed by atoms with Crippen LogP contribution in [0, 0.1) is 28.8 Å². The summed E-state index contributed by atoms with van der Waals surface area (Å²) in [5, 5.41) is 19.9. The van der Waals surface area contributed by atoms with Gasteiger partial charge in [0.05, 0.1) is 23.2 Å². The van der Waals surface area contributed by atoms with E-state index in [1.54, 1.807) is 50.4 Å². The van der Waals surface area contributed by atoms with Crippen LogP contribution in [0.25, 0.3) is 33.2 Å². The lowest BCUT2D eigenvalue weighted by atomic mass is 9.91. The van der Waals surface area contributed by atoms with Crippen molar-refractivity contribution in [2.24, 2.45) is 5.73 Å². The number of hydrogen-bond donors (Lipinski definition) is 2. The van der Waals surface area contributed by atoms with E-state index in [1.165, 1.54) is 22.8 Å². The fourth-order valence-electron chi connectivity index (χ4n) is 6.47. The molecule has 0 spiro atoms. The Morgan fingerprint density at radius 1 is 1.05 bits per heavy atom. The van der Waals surface area contributed by atoms with Crippen LogP contribution in [0.5, 0.6) is 0 Å². The Kier molecular flexibility index (Phi) is 6.44. The molecule has 9 heteroatoms. The highest BCUT2D eigenvalue weighted by Gasteiger charge is 2.47. The number of hydrogen-bond acceptors (Lipinski definition) is 4. The van der Waals surface area contributed by atoms with E-state index in [0.29, 0.717) is 22.1 Å². The van der Waals surface area contributed by atoms with Gasteiger partial charge in [0.15, 0.2) is 11.6 Å². The Morgan fingerprint density at radius 3 is 2.46 bits per heavy atom. The fraction of sp³-hybridized carbons (Fsp3) is 0.312. The molecule has 6 rings (SSSR count). The van der Waals surface area contributed by atoms with Crippen molar-refractivity contribution in [3.63, 3.8) is 0 Å². The molecular formula is C32H29F3N4O2. The van der Waals surface area contributed by atoms with Crippen LogP contribution < -0.4 is 5.73 Å². The molecule has 2 aliphatic rings. The average molecular weight is 559 g/mol. The number of rotatable bonds is 5. The van der Waals surface area contributed by atoms with E-state index in [-0.39, 0.29) is 52.8 Å². The van der Waals surface area contributed by atoms with Gasteiger partial charge < -0.3 is 20.3 Å². The lowest BCUT2D eigenvalue weighted by Gasteiger charge is -2.24. The first kappa shape index (κ1) is 27.1. The molecule has 1 amide bonds. The first-order valence-electron chi connectivity index (χ1n) is 13.6. The van der Waals surface area contributed by atoms with Crippen molar-refractivity contribution in [2.75, 3.05) is 0 Å². The van der Waals surface area contributed by atoms with Crippen LogP contribution in [0.15, 0.2) is 54.7 Å². The lowest BCUT2D eigenvalue weighted by molar-refractivity contribution is 0.0626. The molecule has 0 saturated carbocycles. The number of aromatic nitrogens is 1. The maximum absolute atomic E-state index is 15.8. The predicted molar refractivity (Wildman–Crippen MR) is 149 cm³/mol. The highest BCUT2D eigenvalue weighted by Crippen LogP contribution is 2.41. The number of carbonyl (C=O) groups excluding carboxylic acids is 1. The van der Waals surface area contributed by atoms with Crippen LogP contribution in [-0.4, -0.2) is 44.2 Å². The first-order valence-corrected chi connectivity index (χ1v) is 13.6. The standard InChI is InChI=1S/C32H29F3N4O2/c1-32(2,41)16-38-10-9-18-11-24(28(34)29(35)30(18)38)22-7-5-19(31(40)39-21-6-8-27(39)26(37)14-21)12-23(22)17-3-4-20(15-36)25(33)13-17/h3-5,7,9-13,21,26-27,41H,6,8,14,16,37H2,1-2H3/t21-,26+,27+/m1/s1. The van der Waals surface area contributed by atoms with Crippen LogP contribution >= 0.6 is 0 Å². The van der Waals surface area contributed by atoms with Gasteiger partial charge in [-0.3, -0.25) is 4.79 Å². The Labute approximate surface area is 235 Å². The molecule has 1 aromatic heterocycles. The fourth-order valence-corrected chi connectivity index (χ4v) is 6.47. The van der Waals surface area contributed by atoms with Gasteiger partial charge in [-0.1, -0.05) is 12.1 Å². The van der Waals surface area contributed by atoms with E-state index >= 15 is 8.78 Å². The minimum Gasteiger partial charge on any atom is -0.389 e. The SMILES string of the molecule is CC(C)(O)Cn1ccc2cc(-c3ccc(C(=O)N4[C@@H]5CC[C@H]4[C@@H](N)C5)cc3-c3ccc(C#N)c(F)c3)c(F)c(F)c21. The Morgan fingerprint density at radius 2 is 1.83 bits per heavy atom. The summed E-state index contributed by atoms with van der Waals surface area (Å²) in [6.07, 6.45) is 4.04. The van der Waals surface area contributed by atoms with E-state index in [9.17, 15) is 19.6 Å². The normalized spacial score (nSPS) is 20.1. The number of nitrogens with zero attached hydrogens (tertiary/aromatic N) is 3. The van der Waals surface area contributed by atoms with Crippen LogP contribution in [0.3, 0.4) is 0 Å². The summed E-state index contributed by atoms with van der Waals surface area (Å²) in [6, 6.07) is 13.5. The highest BCUT2D eigenvalue weighted by molar-refractivity contribution is 5.99. The largest absolute Gasteiger partial charge is 0.389 e. The number of halogens is 3. The van der Waals surface area contributed by atoms with Gasteiger partial charge in [-0.2, -0.15) is 5.26 Å². The van der Waals surface area contributed by atoms with E-state index < -0.39 is 23.1 Å². The molecule has 0 unspecified atom stereocenters. The van der Waals surface area contributed by atoms with Gasteiger partial charge in [0.1, 0.15) is 11.9 Å². The van der Waals surface area contributed by atoms with Crippen LogP contribution in [0.4, 0.5) is 13.2 Å². The van der Waals surface area contributed by atoms with Gasteiger partial charge in [-0.05, 0) is 86.2 Å². The third kappa shape index (κ3) is 4.57. The maximum Gasteiger partial charge on any atom is 0.254 e. The van der Waals surface area contributed by atoms with Gasteiger partial charge in [0, 0.05) is 40.8 Å². The summed E-state index contributed by atoms with van der Waals surface area (Å²) < 4.78 is 47.6. The monoisotopic (exact) mass is 558 g/mol. The van der Waals surface area contributed by atoms with Crippen LogP contribution in [0.1, 0.15) is 49.0 Å². The van der Waals surface area contributed by atoms with Gasteiger partial charge in [-0.15, -0.1) is 0 Å². The zero-order valence-electron chi connectivity index (χ0n) is 22.7. The smallest absolute Gasteiger partial charge is 0.254 e. The second-order valence-electron chi connectivity index (χ2n) is 11.7. The van der Waals surface area contributed by atoms with Gasteiger partial charge in [0.2, 0.25) is 0 Å². The molecule has 3 N–H and O–H groups in total. The quantitative estimate of drug-likeness (QED) is 0.327. The summed E-state index contributed by atoms with van der Waals surface area (Å²) in [5.74, 6) is -3.15. The van der Waals surface area contributed by atoms with Crippen molar-refractivity contribution >= 4 is 16.8 Å². The molecule has 3 atom stereocenters. The zero-order valence-corrected chi connectivity index (χ0v) is 22.7. The van der Waals surface area contributed by atoms with Crippen molar-refractivity contribution in [1.82, 2.24) is 9.47 Å². The molecule has 210 valence electrons. The van der Waals surface area contributed by atoms with Crippen LogP contribution in [-0.2, 0) is 6.54 Å². The molecule has 6 nitrogen and oxygen atoms in total. The molecule has 0 aliphatic carbocycles. The number of amides is 1. The number of aliphatic hydroxyl groups is 1. The zero-order chi connectivity index (χ0) is 29.2. The summed E-state index contributed by atoms with van der Waals surface area (Å²) in [4.78, 5) is 15.5. The number of benzene rings is 3. The number of nitriles is 1. The van der Waals surface area contributed by atoms with Crippen LogP contribution in [0.2, 0.25) is 0 Å². The van der Waals surface area contributed by atoms with E-state index in [2.05, 4.69) is 0 Å². The molecule has 2 bridgehead atoms. The summed E-state index contributed by atoms with van der Waals surface area (Å²) >= 11 is 0. The van der Waals surface area contributed by atoms with Crippen molar-refractivity contribution in [2.45, 2.75) is 63.4 Å². The Bertz CT molecular complexity index is 1750. The summed E-state index contributed by atoms with van der Waals surface area (Å²) in [5.41, 5.74) is 6.13. The molecule has 0 radical (unpaired) electrons. The van der Waals surface area contributed by atoms with Crippen molar-refractivity contribution in [3.8, 4) is 28.3 Å². The number of nitrogens with two attached hydrogens (primary N) is 1. The van der Waals surface area contributed by atoms with Crippen molar-refractivity contribution in [3.05, 3.63) is 83.3 Å². The average Bonchev–Trinajstić information content (AvgIpc) is 3.61. The van der Waals surface area contributed by atoms with Crippen molar-refractivity contribution in [1.29, 1.82) is 5.26 Å². The highest BCUT2D eigenvalue weighted by atomic mass is 19.2. The predicted octanol–water partition coefficient (Wildman–Crippen LogP) is 5.74. The molecular weight excluding hydrogens is 529 g/mol. The molecule has 4 aromatic rings. The topological polar surface area (TPSA) is 95.3 Å². The third-order valence-corrected chi connectivity index (χ3v) is 8.27. The first-order chi connectivity index (χ1) is 19.5. The van der Waals surface area contributed by atoms with Gasteiger partial charge in [-0.25, -0.2) is 13.2 Å². The molecule has 41 heavy (non-hydrogen) atoms. The third-order valence-electron chi connectivity index (χ3n) is 8.27. The van der Waals surface area contributed by atoms with E-state index in [1.807, 2.05) is 4.90 Å². The summed E-state index contributed by atoms with van der Waals surface area (Å²) in [7, 11) is 0. The van der Waals surface area contributed by atoms with E-state index in [4.69, 9.17) is 5.73 Å². The Hall–Kier alpha value is -4.13. The minimum absolute atomic E-state index is 0.0204. The second-order valence-corrected chi connectivity index (χ2v) is 11.7.